The highest BCUT2D eigenvalue weighted by Gasteiger charge is 2.36. The Morgan fingerprint density at radius 1 is 1.42 bits per heavy atom. The van der Waals surface area contributed by atoms with Gasteiger partial charge in [0.1, 0.15) is 0 Å². The van der Waals surface area contributed by atoms with Crippen molar-refractivity contribution in [1.82, 2.24) is 9.88 Å². The lowest BCUT2D eigenvalue weighted by Gasteiger charge is -2.43. The smallest absolute Gasteiger partial charge is 0.229 e. The van der Waals surface area contributed by atoms with Crippen LogP contribution in [0.25, 0.3) is 0 Å². The maximum absolute atomic E-state index is 12.7. The van der Waals surface area contributed by atoms with Crippen molar-refractivity contribution in [1.29, 1.82) is 0 Å². The number of nitrogens with one attached hydrogen (secondary N) is 1. The van der Waals surface area contributed by atoms with Crippen LogP contribution in [0.3, 0.4) is 0 Å². The molecule has 1 saturated heterocycles. The van der Waals surface area contributed by atoms with E-state index < -0.39 is 0 Å². The van der Waals surface area contributed by atoms with Crippen LogP contribution in [0.4, 0.5) is 5.13 Å². The Labute approximate surface area is 146 Å². The van der Waals surface area contributed by atoms with Crippen molar-refractivity contribution in [3.05, 3.63) is 11.1 Å². The number of ether oxygens (including phenoxy) is 1. The number of rotatable bonds is 4. The number of thiazole rings is 1. The first-order valence-electron chi connectivity index (χ1n) is 8.71. The Balaban J connectivity index is 1.60. The molecule has 0 radical (unpaired) electrons. The molecule has 1 aromatic rings. The molecule has 2 atom stereocenters. The number of nitrogens with zero attached hydrogens (tertiary/aromatic N) is 2. The zero-order valence-corrected chi connectivity index (χ0v) is 15.1. The van der Waals surface area contributed by atoms with Gasteiger partial charge in [0.15, 0.2) is 5.13 Å². The molecule has 7 heteroatoms. The van der Waals surface area contributed by atoms with E-state index in [0.717, 1.165) is 25.0 Å². The first-order chi connectivity index (χ1) is 11.5. The van der Waals surface area contributed by atoms with E-state index >= 15 is 0 Å². The van der Waals surface area contributed by atoms with Gasteiger partial charge in [0.05, 0.1) is 30.9 Å². The van der Waals surface area contributed by atoms with Crippen LogP contribution in [0.15, 0.2) is 5.38 Å². The minimum absolute atomic E-state index is 0.0551. The zero-order valence-electron chi connectivity index (χ0n) is 14.3. The third-order valence-corrected chi connectivity index (χ3v) is 5.50. The SMILES string of the molecule is CC(C)C(=O)Nc1nc(CC(=O)N2CCO[C@@H]3CCCC[C@@H]32)cs1. The van der Waals surface area contributed by atoms with Crippen LogP contribution >= 0.6 is 11.3 Å². The molecule has 1 saturated carbocycles. The lowest BCUT2D eigenvalue weighted by molar-refractivity contribution is -0.148. The monoisotopic (exact) mass is 351 g/mol. The average Bonchev–Trinajstić information content (AvgIpc) is 3.01. The van der Waals surface area contributed by atoms with Gasteiger partial charge in [-0.25, -0.2) is 4.98 Å². The predicted octanol–water partition coefficient (Wildman–Crippen LogP) is 2.45. The molecule has 24 heavy (non-hydrogen) atoms. The van der Waals surface area contributed by atoms with Crippen molar-refractivity contribution in [2.75, 3.05) is 18.5 Å². The van der Waals surface area contributed by atoms with Crippen molar-refractivity contribution in [2.45, 2.75) is 58.1 Å². The van der Waals surface area contributed by atoms with Gasteiger partial charge < -0.3 is 15.0 Å². The summed E-state index contributed by atoms with van der Waals surface area (Å²) in [5.74, 6) is -0.0294. The van der Waals surface area contributed by atoms with Crippen LogP contribution in [-0.4, -0.2) is 47.0 Å². The first kappa shape index (κ1) is 17.4. The van der Waals surface area contributed by atoms with Gasteiger partial charge >= 0.3 is 0 Å². The van der Waals surface area contributed by atoms with Crippen LogP contribution in [0.5, 0.6) is 0 Å². The van der Waals surface area contributed by atoms with E-state index in [0.29, 0.717) is 18.3 Å². The number of amides is 2. The highest BCUT2D eigenvalue weighted by molar-refractivity contribution is 7.13. The average molecular weight is 351 g/mol. The van der Waals surface area contributed by atoms with Gasteiger partial charge in [0.25, 0.3) is 0 Å². The van der Waals surface area contributed by atoms with Crippen molar-refractivity contribution < 1.29 is 14.3 Å². The fourth-order valence-electron chi connectivity index (χ4n) is 3.36. The number of aromatic nitrogens is 1. The minimum atomic E-state index is -0.0874. The van der Waals surface area contributed by atoms with E-state index in [9.17, 15) is 9.59 Å². The molecule has 2 heterocycles. The Morgan fingerprint density at radius 3 is 3.00 bits per heavy atom. The predicted molar refractivity (Wildman–Crippen MR) is 93.0 cm³/mol. The molecule has 132 valence electrons. The van der Waals surface area contributed by atoms with Crippen molar-refractivity contribution in [3.63, 3.8) is 0 Å². The maximum Gasteiger partial charge on any atom is 0.229 e. The summed E-state index contributed by atoms with van der Waals surface area (Å²) < 4.78 is 5.83. The summed E-state index contributed by atoms with van der Waals surface area (Å²) >= 11 is 1.37. The largest absolute Gasteiger partial charge is 0.374 e. The molecule has 0 aromatic carbocycles. The quantitative estimate of drug-likeness (QED) is 0.904. The Bertz CT molecular complexity index is 600. The van der Waals surface area contributed by atoms with Crippen LogP contribution in [0, 0.1) is 5.92 Å². The Kier molecular flexibility index (Phi) is 5.50. The molecular weight excluding hydrogens is 326 g/mol. The number of hydrogen-bond acceptors (Lipinski definition) is 5. The van der Waals surface area contributed by atoms with Crippen LogP contribution < -0.4 is 5.32 Å². The first-order valence-corrected chi connectivity index (χ1v) is 9.59. The number of hydrogen-bond donors (Lipinski definition) is 1. The fourth-order valence-corrected chi connectivity index (χ4v) is 4.07. The van der Waals surface area contributed by atoms with E-state index in [1.54, 1.807) is 0 Å². The summed E-state index contributed by atoms with van der Waals surface area (Å²) in [6.45, 7) is 4.97. The van der Waals surface area contributed by atoms with E-state index in [1.807, 2.05) is 24.1 Å². The number of fused-ring (bicyclic) bond motifs is 1. The lowest BCUT2D eigenvalue weighted by Crippen LogP contribution is -2.55. The summed E-state index contributed by atoms with van der Waals surface area (Å²) in [5.41, 5.74) is 0.725. The van der Waals surface area contributed by atoms with Crippen molar-refractivity contribution in [3.8, 4) is 0 Å². The number of morpholine rings is 1. The normalized spacial score (nSPS) is 23.9. The molecule has 2 aliphatic rings. The second-order valence-corrected chi connectivity index (χ2v) is 7.67. The standard InChI is InChI=1S/C17H25N3O3S/c1-11(2)16(22)19-17-18-12(10-24-17)9-15(21)20-7-8-23-14-6-4-3-5-13(14)20/h10-11,13-14H,3-9H2,1-2H3,(H,18,19,22)/t13-,14+/m0/s1. The van der Waals surface area contributed by atoms with Crippen LogP contribution in [-0.2, 0) is 20.7 Å². The fraction of sp³-hybridized carbons (Fsp3) is 0.706. The molecule has 0 bridgehead atoms. The third-order valence-electron chi connectivity index (χ3n) is 4.69. The topological polar surface area (TPSA) is 71.5 Å². The Morgan fingerprint density at radius 2 is 2.21 bits per heavy atom. The molecule has 6 nitrogen and oxygen atoms in total. The molecule has 3 rings (SSSR count). The third kappa shape index (κ3) is 3.95. The van der Waals surface area contributed by atoms with E-state index in [2.05, 4.69) is 10.3 Å². The summed E-state index contributed by atoms with van der Waals surface area (Å²) in [7, 11) is 0. The van der Waals surface area contributed by atoms with Gasteiger partial charge in [-0.05, 0) is 12.8 Å². The van der Waals surface area contributed by atoms with Gasteiger partial charge in [-0.1, -0.05) is 26.7 Å². The summed E-state index contributed by atoms with van der Waals surface area (Å²) in [6.07, 6.45) is 4.93. The van der Waals surface area contributed by atoms with Crippen LogP contribution in [0.2, 0.25) is 0 Å². The molecule has 1 aliphatic heterocycles. The second kappa shape index (κ2) is 7.61. The summed E-state index contributed by atoms with van der Waals surface area (Å²) in [4.78, 5) is 30.8. The zero-order chi connectivity index (χ0) is 17.1. The molecule has 2 amide bonds. The number of anilines is 1. The molecule has 0 unspecified atom stereocenters. The molecule has 1 N–H and O–H groups in total. The van der Waals surface area contributed by atoms with E-state index in [1.165, 1.54) is 17.8 Å². The van der Waals surface area contributed by atoms with Crippen molar-refractivity contribution >= 4 is 28.3 Å². The molecular formula is C17H25N3O3S. The van der Waals surface area contributed by atoms with Crippen LogP contribution in [0.1, 0.15) is 45.2 Å². The number of carbonyl (C=O) groups excluding carboxylic acids is 2. The minimum Gasteiger partial charge on any atom is -0.374 e. The van der Waals surface area contributed by atoms with Gasteiger partial charge in [-0.2, -0.15) is 0 Å². The summed E-state index contributed by atoms with van der Waals surface area (Å²) in [6, 6.07) is 0.221. The molecule has 1 aliphatic carbocycles. The van der Waals surface area contributed by atoms with Gasteiger partial charge in [0.2, 0.25) is 11.8 Å². The van der Waals surface area contributed by atoms with E-state index in [-0.39, 0.29) is 36.3 Å². The van der Waals surface area contributed by atoms with Crippen molar-refractivity contribution in [2.24, 2.45) is 5.92 Å². The molecule has 1 aromatic heterocycles. The second-order valence-electron chi connectivity index (χ2n) is 6.81. The van der Waals surface area contributed by atoms with E-state index in [4.69, 9.17) is 4.74 Å². The Hall–Kier alpha value is -1.47. The van der Waals surface area contributed by atoms with Gasteiger partial charge in [-0.3, -0.25) is 9.59 Å². The lowest BCUT2D eigenvalue weighted by atomic mass is 9.90. The highest BCUT2D eigenvalue weighted by atomic mass is 32.1. The molecule has 2 fully saturated rings. The summed E-state index contributed by atoms with van der Waals surface area (Å²) in [5, 5.41) is 5.20. The maximum atomic E-state index is 12.7. The number of carbonyl (C=O) groups is 2. The molecule has 0 spiro atoms. The highest BCUT2D eigenvalue weighted by Crippen LogP contribution is 2.29. The van der Waals surface area contributed by atoms with Gasteiger partial charge in [0, 0.05) is 17.8 Å². The van der Waals surface area contributed by atoms with Gasteiger partial charge in [-0.15, -0.1) is 11.3 Å².